The van der Waals surface area contributed by atoms with Gasteiger partial charge in [0.2, 0.25) is 0 Å². The molecule has 7 aromatic rings. The number of methoxy groups -OCH3 is 6. The average molecular weight is 997 g/mol. The first-order chi connectivity index (χ1) is 35.1. The predicted octanol–water partition coefficient (Wildman–Crippen LogP) is 16.9. The first-order valence-corrected chi connectivity index (χ1v) is 27.1. The van der Waals surface area contributed by atoms with E-state index in [2.05, 4.69) is 146 Å². The molecule has 0 radical (unpaired) electrons. The second-order valence-electron chi connectivity index (χ2n) is 20.5. The Balaban J connectivity index is 1.59. The summed E-state index contributed by atoms with van der Waals surface area (Å²) in [5, 5.41) is 1.27. The predicted molar refractivity (Wildman–Crippen MR) is 303 cm³/mol. The van der Waals surface area contributed by atoms with Crippen LogP contribution in [0.4, 0.5) is 0 Å². The van der Waals surface area contributed by atoms with Crippen LogP contribution in [0.15, 0.2) is 127 Å². The summed E-state index contributed by atoms with van der Waals surface area (Å²) in [6, 6.07) is 45.5. The second-order valence-corrected chi connectivity index (χ2v) is 23.0. The van der Waals surface area contributed by atoms with Crippen LogP contribution in [0.1, 0.15) is 137 Å². The third-order valence-electron chi connectivity index (χ3n) is 14.6. The van der Waals surface area contributed by atoms with E-state index in [1.54, 1.807) is 42.7 Å². The molecule has 0 N–H and O–H groups in total. The number of ether oxygens (including phenoxy) is 6. The van der Waals surface area contributed by atoms with Crippen molar-refractivity contribution in [2.24, 2.45) is 0 Å². The minimum Gasteiger partial charge on any atom is -0.497 e. The maximum Gasteiger partial charge on any atom is 0.134 e. The van der Waals surface area contributed by atoms with Crippen molar-refractivity contribution >= 4 is 19.0 Å². The molecule has 0 amide bonds. The van der Waals surface area contributed by atoms with E-state index in [4.69, 9.17) is 28.4 Å². The highest BCUT2D eigenvalue weighted by Crippen LogP contribution is 2.69. The molecule has 2 unspecified atom stereocenters. The van der Waals surface area contributed by atoms with Gasteiger partial charge in [-0.15, -0.1) is 0 Å². The summed E-state index contributed by atoms with van der Waals surface area (Å²) in [4.78, 5) is 14.8. The van der Waals surface area contributed by atoms with Crippen LogP contribution >= 0.6 is 7.92 Å². The van der Waals surface area contributed by atoms with E-state index in [9.17, 15) is 4.79 Å². The topological polar surface area (TPSA) is 72.5 Å². The monoisotopic (exact) mass is 997 g/mol. The molecule has 0 aromatic heterocycles. The standard InChI is InChI=1S/C65H73O7P/c1-38(2)55-30-42(51-20-15-17-24-59(51)71-13)31-56(39(3)4)63(55)53-22-19-23-54(64-57(40(5)6)32-43(33-58(64)41(7)8)52-21-16-18-25-60(52)72-14)65(53)73-61(44-26-47(67-9)36-48(27-44)68-10)34-46(66)35-62(73)45-28-49(69-11)37-50(29-45)70-12/h15-33,36-41,61-62H,34-35H2,1-14H3. The Morgan fingerprint density at radius 1 is 0.397 bits per heavy atom. The van der Waals surface area contributed by atoms with Gasteiger partial charge in [-0.1, -0.05) is 142 Å². The third-order valence-corrected chi connectivity index (χ3v) is 17.9. The summed E-state index contributed by atoms with van der Waals surface area (Å²) in [6.07, 6.45) is 0.712. The Morgan fingerprint density at radius 2 is 0.712 bits per heavy atom. The van der Waals surface area contributed by atoms with Crippen LogP contribution in [0.2, 0.25) is 0 Å². The minimum absolute atomic E-state index is 0.147. The summed E-state index contributed by atoms with van der Waals surface area (Å²) >= 11 is 0. The van der Waals surface area contributed by atoms with Crippen LogP contribution in [0.5, 0.6) is 34.5 Å². The van der Waals surface area contributed by atoms with E-state index >= 15 is 0 Å². The zero-order valence-corrected chi connectivity index (χ0v) is 46.2. The number of ketones is 1. The fourth-order valence-corrected chi connectivity index (χ4v) is 14.7. The van der Waals surface area contributed by atoms with Crippen molar-refractivity contribution in [1.82, 2.24) is 0 Å². The molecule has 1 heterocycles. The van der Waals surface area contributed by atoms with Crippen molar-refractivity contribution in [3.63, 3.8) is 0 Å². The number of benzene rings is 7. The lowest BCUT2D eigenvalue weighted by Crippen LogP contribution is -2.26. The Morgan fingerprint density at radius 3 is 1.01 bits per heavy atom. The molecule has 1 saturated heterocycles. The van der Waals surface area contributed by atoms with Gasteiger partial charge in [0.1, 0.15) is 40.3 Å². The number of carbonyl (C=O) groups excluding carboxylic acids is 1. The van der Waals surface area contributed by atoms with Crippen molar-refractivity contribution in [3.8, 4) is 79.0 Å². The molecule has 1 aliphatic rings. The molecule has 8 rings (SSSR count). The fourth-order valence-electron chi connectivity index (χ4n) is 11.0. The van der Waals surface area contributed by atoms with Gasteiger partial charge in [0.25, 0.3) is 0 Å². The van der Waals surface area contributed by atoms with E-state index in [0.29, 0.717) is 35.8 Å². The third kappa shape index (κ3) is 10.6. The van der Waals surface area contributed by atoms with Gasteiger partial charge in [0, 0.05) is 47.4 Å². The van der Waals surface area contributed by atoms with E-state index in [0.717, 1.165) is 44.9 Å². The lowest BCUT2D eigenvalue weighted by Gasteiger charge is -2.42. The van der Waals surface area contributed by atoms with Gasteiger partial charge in [-0.05, 0) is 132 Å². The molecular formula is C65H73O7P. The van der Waals surface area contributed by atoms with Gasteiger partial charge in [-0.3, -0.25) is 4.79 Å². The maximum absolute atomic E-state index is 14.8. The maximum atomic E-state index is 14.8. The van der Waals surface area contributed by atoms with Crippen LogP contribution in [0.3, 0.4) is 0 Å². The summed E-state index contributed by atoms with van der Waals surface area (Å²) in [7, 11) is 8.90. The highest BCUT2D eigenvalue weighted by molar-refractivity contribution is 7.67. The molecule has 8 heteroatoms. The summed E-state index contributed by atoms with van der Waals surface area (Å²) in [6.45, 7) is 18.5. The van der Waals surface area contributed by atoms with E-state index in [-0.39, 0.29) is 40.8 Å². The highest BCUT2D eigenvalue weighted by Gasteiger charge is 2.43. The minimum atomic E-state index is -1.36. The van der Waals surface area contributed by atoms with Crippen molar-refractivity contribution in [3.05, 3.63) is 161 Å². The first kappa shape index (κ1) is 52.8. The van der Waals surface area contributed by atoms with Crippen molar-refractivity contribution in [2.45, 2.75) is 103 Å². The molecule has 380 valence electrons. The molecular weight excluding hydrogens is 924 g/mol. The molecule has 1 fully saturated rings. The van der Waals surface area contributed by atoms with Crippen LogP contribution in [0.25, 0.3) is 44.5 Å². The number of rotatable bonds is 17. The summed E-state index contributed by atoms with van der Waals surface area (Å²) in [5.74, 6) is 5.20. The van der Waals surface area contributed by atoms with Crippen molar-refractivity contribution in [2.75, 3.05) is 42.7 Å². The molecule has 7 nitrogen and oxygen atoms in total. The average Bonchev–Trinajstić information content (AvgIpc) is 3.41. The molecule has 7 aromatic carbocycles. The number of hydrogen-bond donors (Lipinski definition) is 0. The van der Waals surface area contributed by atoms with Crippen LogP contribution in [-0.4, -0.2) is 48.4 Å². The van der Waals surface area contributed by atoms with Gasteiger partial charge >= 0.3 is 0 Å². The number of hydrogen-bond acceptors (Lipinski definition) is 7. The van der Waals surface area contributed by atoms with E-state index < -0.39 is 7.92 Å². The van der Waals surface area contributed by atoms with E-state index in [1.165, 1.54) is 49.8 Å². The lowest BCUT2D eigenvalue weighted by molar-refractivity contribution is -0.119. The molecule has 1 aliphatic heterocycles. The Kier molecular flexibility index (Phi) is 16.4. The smallest absolute Gasteiger partial charge is 0.134 e. The van der Waals surface area contributed by atoms with Crippen LogP contribution in [-0.2, 0) is 4.79 Å². The molecule has 0 spiro atoms. The van der Waals surface area contributed by atoms with Crippen molar-refractivity contribution in [1.29, 1.82) is 0 Å². The first-order valence-electron chi connectivity index (χ1n) is 25.7. The summed E-state index contributed by atoms with van der Waals surface area (Å²) in [5.41, 5.74) is 15.8. The molecule has 0 aliphatic carbocycles. The zero-order chi connectivity index (χ0) is 52.2. The zero-order valence-electron chi connectivity index (χ0n) is 45.3. The quantitative estimate of drug-likeness (QED) is 0.0842. The second kappa shape index (κ2) is 22.7. The molecule has 0 saturated carbocycles. The van der Waals surface area contributed by atoms with Gasteiger partial charge in [0.05, 0.1) is 42.7 Å². The van der Waals surface area contributed by atoms with Gasteiger partial charge in [-0.2, -0.15) is 0 Å². The normalized spacial score (nSPS) is 15.8. The molecule has 0 bridgehead atoms. The van der Waals surface area contributed by atoms with Crippen LogP contribution in [0, 0.1) is 0 Å². The SMILES string of the molecule is COc1cc(OC)cc(C2CC(=O)CC(c3cc(OC)cc(OC)c3)P2c2c(-c3c(C(C)C)cc(-c4ccccc4OC)cc3C(C)C)cccc2-c2c(C(C)C)cc(-c3ccccc3OC)cc2C(C)C)c1. The van der Waals surface area contributed by atoms with Gasteiger partial charge in [-0.25, -0.2) is 0 Å². The Bertz CT molecular complexity index is 2810. The van der Waals surface area contributed by atoms with Gasteiger partial charge < -0.3 is 28.4 Å². The van der Waals surface area contributed by atoms with Crippen molar-refractivity contribution < 1.29 is 33.2 Å². The Hall–Kier alpha value is -6.56. The van der Waals surface area contributed by atoms with Crippen LogP contribution < -0.4 is 33.7 Å². The summed E-state index contributed by atoms with van der Waals surface area (Å²) < 4.78 is 36.0. The largest absolute Gasteiger partial charge is 0.497 e. The lowest BCUT2D eigenvalue weighted by atomic mass is 9.79. The molecule has 2 atom stereocenters. The highest BCUT2D eigenvalue weighted by atomic mass is 31.1. The number of Topliss-reactive ketones (excluding diaryl/α,β-unsaturated/α-hetero) is 1. The number of para-hydroxylation sites is 2. The van der Waals surface area contributed by atoms with E-state index in [1.807, 2.05) is 36.4 Å². The fraction of sp³-hybridized carbons (Fsp3) is 0.338. The Labute approximate surface area is 436 Å². The van der Waals surface area contributed by atoms with Gasteiger partial charge in [0.15, 0.2) is 0 Å². The molecule has 73 heavy (non-hydrogen) atoms. The number of carbonyl (C=O) groups is 1.